The molecule has 0 atom stereocenters. The second kappa shape index (κ2) is 10.1. The largest absolute Gasteiger partial charge is 0.497 e. The third-order valence-electron chi connectivity index (χ3n) is 4.48. The predicted octanol–water partition coefficient (Wildman–Crippen LogP) is 5.27. The maximum absolute atomic E-state index is 13.8. The van der Waals surface area contributed by atoms with E-state index in [0.717, 1.165) is 11.1 Å². The summed E-state index contributed by atoms with van der Waals surface area (Å²) in [7, 11) is 1.54. The van der Waals surface area contributed by atoms with Crippen LogP contribution in [0.2, 0.25) is 0 Å². The van der Waals surface area contributed by atoms with E-state index < -0.39 is 11.7 Å². The Morgan fingerprint density at radius 2 is 1.94 bits per heavy atom. The minimum absolute atomic E-state index is 0.000646. The molecule has 0 radical (unpaired) electrons. The number of halogens is 1. The van der Waals surface area contributed by atoms with Gasteiger partial charge in [-0.2, -0.15) is 5.26 Å². The summed E-state index contributed by atoms with van der Waals surface area (Å²) in [4.78, 5) is 12.5. The van der Waals surface area contributed by atoms with Crippen LogP contribution < -0.4 is 14.8 Å². The molecule has 5 nitrogen and oxygen atoms in total. The average molecular weight is 416 g/mol. The first kappa shape index (κ1) is 21.6. The average Bonchev–Trinajstić information content (AvgIpc) is 2.78. The first-order valence-corrected chi connectivity index (χ1v) is 9.54. The molecule has 0 unspecified atom stereocenters. The third-order valence-corrected chi connectivity index (χ3v) is 4.48. The molecule has 0 saturated heterocycles. The van der Waals surface area contributed by atoms with Gasteiger partial charge < -0.3 is 14.8 Å². The van der Waals surface area contributed by atoms with Gasteiger partial charge in [-0.15, -0.1) is 0 Å². The second-order valence-electron chi connectivity index (χ2n) is 6.79. The lowest BCUT2D eigenvalue weighted by molar-refractivity contribution is -0.112. The van der Waals surface area contributed by atoms with Crippen molar-refractivity contribution in [1.82, 2.24) is 0 Å². The normalized spacial score (nSPS) is 10.8. The summed E-state index contributed by atoms with van der Waals surface area (Å²) < 4.78 is 25.1. The molecule has 31 heavy (non-hydrogen) atoms. The van der Waals surface area contributed by atoms with E-state index >= 15 is 0 Å². The zero-order chi connectivity index (χ0) is 22.2. The van der Waals surface area contributed by atoms with Crippen molar-refractivity contribution in [2.24, 2.45) is 0 Å². The van der Waals surface area contributed by atoms with Crippen molar-refractivity contribution in [2.75, 3.05) is 12.4 Å². The van der Waals surface area contributed by atoms with E-state index in [1.54, 1.807) is 24.3 Å². The fourth-order valence-electron chi connectivity index (χ4n) is 2.91. The number of hydrogen-bond acceptors (Lipinski definition) is 4. The molecular weight excluding hydrogens is 395 g/mol. The zero-order valence-electron chi connectivity index (χ0n) is 17.2. The molecule has 1 amide bonds. The van der Waals surface area contributed by atoms with E-state index in [0.29, 0.717) is 23.7 Å². The number of amides is 1. The Bertz CT molecular complexity index is 1170. The number of para-hydroxylation sites is 1. The van der Waals surface area contributed by atoms with Crippen molar-refractivity contribution in [3.63, 3.8) is 0 Å². The maximum Gasteiger partial charge on any atom is 0.266 e. The Hall–Kier alpha value is -4.11. The van der Waals surface area contributed by atoms with Crippen LogP contribution in [0, 0.1) is 24.1 Å². The Morgan fingerprint density at radius 3 is 2.65 bits per heavy atom. The Labute approximate surface area is 180 Å². The van der Waals surface area contributed by atoms with Gasteiger partial charge in [0.05, 0.1) is 12.8 Å². The highest BCUT2D eigenvalue weighted by Crippen LogP contribution is 2.28. The molecule has 156 valence electrons. The van der Waals surface area contributed by atoms with Crippen molar-refractivity contribution in [1.29, 1.82) is 5.26 Å². The molecule has 0 spiro atoms. The highest BCUT2D eigenvalue weighted by Gasteiger charge is 2.14. The number of ether oxygens (including phenoxy) is 2. The molecule has 3 aromatic rings. The number of nitrogens with zero attached hydrogens (tertiary/aromatic N) is 1. The van der Waals surface area contributed by atoms with Gasteiger partial charge >= 0.3 is 0 Å². The van der Waals surface area contributed by atoms with Crippen LogP contribution >= 0.6 is 0 Å². The van der Waals surface area contributed by atoms with E-state index in [4.69, 9.17) is 9.47 Å². The Morgan fingerprint density at radius 1 is 1.13 bits per heavy atom. The lowest BCUT2D eigenvalue weighted by Gasteiger charge is -2.12. The van der Waals surface area contributed by atoms with Crippen molar-refractivity contribution < 1.29 is 18.7 Å². The van der Waals surface area contributed by atoms with Crippen LogP contribution in [0.4, 0.5) is 10.1 Å². The molecule has 0 bridgehead atoms. The molecule has 0 heterocycles. The van der Waals surface area contributed by atoms with Crippen LogP contribution in [0.5, 0.6) is 11.5 Å². The van der Waals surface area contributed by atoms with Crippen molar-refractivity contribution in [3.8, 4) is 17.6 Å². The van der Waals surface area contributed by atoms with Gasteiger partial charge in [0.2, 0.25) is 0 Å². The Balaban J connectivity index is 1.87. The van der Waals surface area contributed by atoms with Crippen molar-refractivity contribution >= 4 is 17.7 Å². The summed E-state index contributed by atoms with van der Waals surface area (Å²) in [6.07, 6.45) is 1.40. The molecule has 0 fully saturated rings. The first-order chi connectivity index (χ1) is 15.0. The van der Waals surface area contributed by atoms with Gasteiger partial charge in [0.1, 0.15) is 35.6 Å². The summed E-state index contributed by atoms with van der Waals surface area (Å²) in [5.74, 6) is -0.272. The monoisotopic (exact) mass is 416 g/mol. The SMILES string of the molecule is COc1ccc(/C=C(\C#N)C(=O)Nc2ccccc2F)c(OCc2cccc(C)c2)c1. The van der Waals surface area contributed by atoms with Crippen LogP contribution in [0.15, 0.2) is 72.3 Å². The van der Waals surface area contributed by atoms with Crippen molar-refractivity contribution in [3.05, 3.63) is 94.8 Å². The van der Waals surface area contributed by atoms with E-state index in [2.05, 4.69) is 5.32 Å². The maximum atomic E-state index is 13.8. The molecule has 0 aromatic heterocycles. The van der Waals surface area contributed by atoms with Crippen LogP contribution in [0.1, 0.15) is 16.7 Å². The van der Waals surface area contributed by atoms with E-state index in [1.807, 2.05) is 37.3 Å². The molecule has 3 rings (SSSR count). The second-order valence-corrected chi connectivity index (χ2v) is 6.79. The molecule has 3 aromatic carbocycles. The summed E-state index contributed by atoms with van der Waals surface area (Å²) in [5.41, 5.74) is 2.43. The molecule has 0 saturated carbocycles. The van der Waals surface area contributed by atoms with Crippen LogP contribution in [-0.4, -0.2) is 13.0 Å². The molecule has 0 aliphatic heterocycles. The fourth-order valence-corrected chi connectivity index (χ4v) is 2.91. The minimum atomic E-state index is -0.715. The Kier molecular flexibility index (Phi) is 7.02. The van der Waals surface area contributed by atoms with Crippen molar-refractivity contribution in [2.45, 2.75) is 13.5 Å². The highest BCUT2D eigenvalue weighted by atomic mass is 19.1. The number of nitriles is 1. The lowest BCUT2D eigenvalue weighted by atomic mass is 10.1. The number of carbonyl (C=O) groups is 1. The van der Waals surface area contributed by atoms with Gasteiger partial charge in [-0.05, 0) is 42.8 Å². The third kappa shape index (κ3) is 5.71. The van der Waals surface area contributed by atoms with E-state index in [9.17, 15) is 14.4 Å². The smallest absolute Gasteiger partial charge is 0.266 e. The van der Waals surface area contributed by atoms with Gasteiger partial charge in [-0.3, -0.25) is 4.79 Å². The van der Waals surface area contributed by atoms with Gasteiger partial charge in [0, 0.05) is 11.6 Å². The summed E-state index contributed by atoms with van der Waals surface area (Å²) in [6, 6.07) is 20.6. The van der Waals surface area contributed by atoms with Crippen LogP contribution in [0.3, 0.4) is 0 Å². The summed E-state index contributed by atoms with van der Waals surface area (Å²) in [5, 5.41) is 11.9. The minimum Gasteiger partial charge on any atom is -0.497 e. The molecular formula is C25H21FN2O3. The molecule has 1 N–H and O–H groups in total. The number of methoxy groups -OCH3 is 1. The van der Waals surface area contributed by atoms with Gasteiger partial charge in [-0.25, -0.2) is 4.39 Å². The highest BCUT2D eigenvalue weighted by molar-refractivity contribution is 6.09. The number of carbonyl (C=O) groups excluding carboxylic acids is 1. The number of rotatable bonds is 7. The topological polar surface area (TPSA) is 71.3 Å². The fraction of sp³-hybridized carbons (Fsp3) is 0.120. The number of anilines is 1. The molecule has 0 aliphatic carbocycles. The standard InChI is InChI=1S/C25H21FN2O3/c1-17-6-5-7-18(12-17)16-31-24-14-21(30-2)11-10-19(24)13-20(15-27)25(29)28-23-9-4-3-8-22(23)26/h3-14H,16H2,1-2H3,(H,28,29)/b20-13+. The number of nitrogens with one attached hydrogen (secondary N) is 1. The predicted molar refractivity (Wildman–Crippen MR) is 117 cm³/mol. The number of benzene rings is 3. The number of aryl methyl sites for hydroxylation is 1. The van der Waals surface area contributed by atoms with E-state index in [1.165, 1.54) is 31.4 Å². The van der Waals surface area contributed by atoms with Crippen LogP contribution in [0.25, 0.3) is 6.08 Å². The first-order valence-electron chi connectivity index (χ1n) is 9.54. The van der Waals surface area contributed by atoms with Crippen LogP contribution in [-0.2, 0) is 11.4 Å². The summed E-state index contributed by atoms with van der Waals surface area (Å²) in [6.45, 7) is 2.30. The quantitative estimate of drug-likeness (QED) is 0.421. The van der Waals surface area contributed by atoms with Gasteiger partial charge in [-0.1, -0.05) is 42.0 Å². The molecule has 6 heteroatoms. The summed E-state index contributed by atoms with van der Waals surface area (Å²) >= 11 is 0. The zero-order valence-corrected chi connectivity index (χ0v) is 17.2. The van der Waals surface area contributed by atoms with E-state index in [-0.39, 0.29) is 11.3 Å². The lowest BCUT2D eigenvalue weighted by Crippen LogP contribution is -2.14. The van der Waals surface area contributed by atoms with Gasteiger partial charge in [0.15, 0.2) is 0 Å². The molecule has 0 aliphatic rings. The van der Waals surface area contributed by atoms with Gasteiger partial charge in [0.25, 0.3) is 5.91 Å². The number of hydrogen-bond donors (Lipinski definition) is 1.